The molecule has 2 heterocycles. The molecule has 0 radical (unpaired) electrons. The van der Waals surface area contributed by atoms with Crippen molar-refractivity contribution in [1.82, 2.24) is 9.55 Å². The summed E-state index contributed by atoms with van der Waals surface area (Å²) < 4.78 is 14.5. The van der Waals surface area contributed by atoms with Gasteiger partial charge in [-0.3, -0.25) is 0 Å². The maximum atomic E-state index is 9.88. The highest BCUT2D eigenvalue weighted by Gasteiger charge is 2.41. The zero-order valence-electron chi connectivity index (χ0n) is 15.7. The minimum atomic E-state index is -0.842. The van der Waals surface area contributed by atoms with Crippen LogP contribution in [0.15, 0.2) is 30.3 Å². The monoisotopic (exact) mass is 352 g/mol. The summed E-state index contributed by atoms with van der Waals surface area (Å²) in [6.07, 6.45) is 1.45. The zero-order chi connectivity index (χ0) is 18.5. The van der Waals surface area contributed by atoms with Gasteiger partial charge in [0.05, 0.1) is 12.1 Å². The third-order valence-corrected chi connectivity index (χ3v) is 5.58. The van der Waals surface area contributed by atoms with Gasteiger partial charge in [0, 0.05) is 31.7 Å². The molecule has 136 valence electrons. The molecule has 1 atom stereocenters. The van der Waals surface area contributed by atoms with Crippen LogP contribution in [-0.2, 0) is 30.6 Å². The van der Waals surface area contributed by atoms with E-state index in [0.29, 0.717) is 6.42 Å². The second-order valence-corrected chi connectivity index (χ2v) is 6.96. The second-order valence-electron chi connectivity index (χ2n) is 6.96. The van der Waals surface area contributed by atoms with Crippen molar-refractivity contribution in [2.75, 3.05) is 7.11 Å². The molecule has 1 aliphatic heterocycles. The van der Waals surface area contributed by atoms with Crippen LogP contribution in [0.3, 0.4) is 0 Å². The molecule has 0 fully saturated rings. The minimum absolute atomic E-state index is 0.0177. The molecular weight excluding hydrogens is 328 g/mol. The van der Waals surface area contributed by atoms with Gasteiger partial charge < -0.3 is 19.1 Å². The molecule has 1 aromatic heterocycles. The van der Waals surface area contributed by atoms with Crippen molar-refractivity contribution in [2.24, 2.45) is 7.05 Å². The van der Waals surface area contributed by atoms with Gasteiger partial charge in [0.25, 0.3) is 0 Å². The lowest BCUT2D eigenvalue weighted by Crippen LogP contribution is -2.39. The highest BCUT2D eigenvalue weighted by Crippen LogP contribution is 2.45. The third-order valence-electron chi connectivity index (χ3n) is 5.58. The number of fused-ring (bicyclic) bond motifs is 3. The van der Waals surface area contributed by atoms with Crippen LogP contribution in [0.1, 0.15) is 34.5 Å². The van der Waals surface area contributed by atoms with Gasteiger partial charge in [-0.2, -0.15) is 0 Å². The van der Waals surface area contributed by atoms with Gasteiger partial charge in [-0.05, 0) is 37.5 Å². The third kappa shape index (κ3) is 2.35. The van der Waals surface area contributed by atoms with Crippen LogP contribution in [-0.4, -0.2) is 21.8 Å². The average Bonchev–Trinajstić information content (AvgIpc) is 2.95. The molecule has 2 aromatic carbocycles. The van der Waals surface area contributed by atoms with E-state index in [-0.39, 0.29) is 6.61 Å². The summed E-state index contributed by atoms with van der Waals surface area (Å²) in [6, 6.07) is 10.2. The first-order chi connectivity index (χ1) is 12.5. The SMILES string of the molecule is COC1(c2ccccc2C)CCc2c(CO)cc3c(nc(C)n3C)c2O1. The summed E-state index contributed by atoms with van der Waals surface area (Å²) in [4.78, 5) is 4.72. The summed E-state index contributed by atoms with van der Waals surface area (Å²) in [5, 5.41) is 9.88. The number of ether oxygens (including phenoxy) is 2. The standard InChI is InChI=1S/C21H24N2O3/c1-13-7-5-6-8-17(13)21(25-4)10-9-16-15(12-24)11-18-19(20(16)26-21)22-14(2)23(18)3/h5-8,11,24H,9-10,12H2,1-4H3. The van der Waals surface area contributed by atoms with Gasteiger partial charge >= 0.3 is 0 Å². The molecule has 3 aromatic rings. The van der Waals surface area contributed by atoms with Gasteiger partial charge in [-0.25, -0.2) is 4.98 Å². The molecule has 0 saturated heterocycles. The van der Waals surface area contributed by atoms with E-state index in [1.807, 2.05) is 36.7 Å². The van der Waals surface area contributed by atoms with E-state index in [1.165, 1.54) is 0 Å². The summed E-state index contributed by atoms with van der Waals surface area (Å²) in [5.74, 6) is 0.794. The number of aliphatic hydroxyl groups excluding tert-OH is 1. The van der Waals surface area contributed by atoms with Crippen molar-refractivity contribution in [2.45, 2.75) is 39.1 Å². The van der Waals surface area contributed by atoms with E-state index in [4.69, 9.17) is 14.5 Å². The Morgan fingerprint density at radius 1 is 1.31 bits per heavy atom. The van der Waals surface area contributed by atoms with Crippen LogP contribution >= 0.6 is 0 Å². The largest absolute Gasteiger partial charge is 0.455 e. The first-order valence-corrected chi connectivity index (χ1v) is 8.89. The van der Waals surface area contributed by atoms with Crippen LogP contribution in [0.2, 0.25) is 0 Å². The highest BCUT2D eigenvalue weighted by atomic mass is 16.7. The lowest BCUT2D eigenvalue weighted by molar-refractivity contribution is -0.183. The highest BCUT2D eigenvalue weighted by molar-refractivity contribution is 5.86. The van der Waals surface area contributed by atoms with Crippen molar-refractivity contribution >= 4 is 11.0 Å². The van der Waals surface area contributed by atoms with Crippen LogP contribution < -0.4 is 4.74 Å². The Kier molecular flexibility index (Phi) is 4.01. The maximum Gasteiger partial charge on any atom is 0.237 e. The number of hydrogen-bond donors (Lipinski definition) is 1. The maximum absolute atomic E-state index is 9.88. The predicted molar refractivity (Wildman–Crippen MR) is 100 cm³/mol. The molecule has 0 amide bonds. The van der Waals surface area contributed by atoms with Gasteiger partial charge in [0.1, 0.15) is 11.3 Å². The van der Waals surface area contributed by atoms with E-state index in [9.17, 15) is 5.11 Å². The normalized spacial score (nSPS) is 19.4. The van der Waals surface area contributed by atoms with Crippen LogP contribution in [0, 0.1) is 13.8 Å². The molecule has 5 heteroatoms. The van der Waals surface area contributed by atoms with Crippen LogP contribution in [0.5, 0.6) is 5.75 Å². The Labute approximate surface area is 153 Å². The van der Waals surface area contributed by atoms with Crippen molar-refractivity contribution in [1.29, 1.82) is 0 Å². The molecule has 1 N–H and O–H groups in total. The van der Waals surface area contributed by atoms with E-state index in [2.05, 4.69) is 19.1 Å². The summed E-state index contributed by atoms with van der Waals surface area (Å²) >= 11 is 0. The number of hydrogen-bond acceptors (Lipinski definition) is 4. The zero-order valence-corrected chi connectivity index (χ0v) is 15.7. The molecular formula is C21H24N2O3. The molecule has 0 bridgehead atoms. The topological polar surface area (TPSA) is 56.5 Å². The number of aliphatic hydroxyl groups is 1. The van der Waals surface area contributed by atoms with Crippen molar-refractivity contribution in [3.63, 3.8) is 0 Å². The molecule has 1 unspecified atom stereocenters. The Morgan fingerprint density at radius 3 is 2.77 bits per heavy atom. The Hall–Kier alpha value is -2.37. The lowest BCUT2D eigenvalue weighted by Gasteiger charge is -2.39. The minimum Gasteiger partial charge on any atom is -0.455 e. The van der Waals surface area contributed by atoms with Gasteiger partial charge in [0.2, 0.25) is 5.79 Å². The molecule has 26 heavy (non-hydrogen) atoms. The fraction of sp³-hybridized carbons (Fsp3) is 0.381. The summed E-state index contributed by atoms with van der Waals surface area (Å²) in [7, 11) is 3.67. The summed E-state index contributed by atoms with van der Waals surface area (Å²) in [5.41, 5.74) is 5.87. The van der Waals surface area contributed by atoms with E-state index >= 15 is 0 Å². The number of methoxy groups -OCH3 is 1. The molecule has 0 aliphatic carbocycles. The van der Waals surface area contributed by atoms with Crippen LogP contribution in [0.4, 0.5) is 0 Å². The van der Waals surface area contributed by atoms with Gasteiger partial charge in [-0.1, -0.05) is 24.3 Å². The molecule has 0 spiro atoms. The molecule has 1 aliphatic rings. The Morgan fingerprint density at radius 2 is 2.08 bits per heavy atom. The first kappa shape index (κ1) is 17.1. The Bertz CT molecular complexity index is 993. The molecule has 0 saturated carbocycles. The van der Waals surface area contributed by atoms with Crippen molar-refractivity contribution < 1.29 is 14.6 Å². The van der Waals surface area contributed by atoms with E-state index < -0.39 is 5.79 Å². The van der Waals surface area contributed by atoms with E-state index in [1.54, 1.807) is 7.11 Å². The fourth-order valence-corrected chi connectivity index (χ4v) is 3.97. The average molecular weight is 352 g/mol. The van der Waals surface area contributed by atoms with Crippen molar-refractivity contribution in [3.05, 3.63) is 58.4 Å². The quantitative estimate of drug-likeness (QED) is 0.784. The number of nitrogens with zero attached hydrogens (tertiary/aromatic N) is 2. The fourth-order valence-electron chi connectivity index (χ4n) is 3.97. The number of aryl methyl sites for hydroxylation is 3. The van der Waals surface area contributed by atoms with Crippen LogP contribution in [0.25, 0.3) is 11.0 Å². The second kappa shape index (κ2) is 6.11. The number of imidazole rings is 1. The lowest BCUT2D eigenvalue weighted by atomic mass is 9.89. The Balaban J connectivity index is 1.95. The number of rotatable bonds is 3. The van der Waals surface area contributed by atoms with Gasteiger partial charge in [-0.15, -0.1) is 0 Å². The number of benzene rings is 2. The first-order valence-electron chi connectivity index (χ1n) is 8.89. The predicted octanol–water partition coefficient (Wildman–Crippen LogP) is 3.51. The smallest absolute Gasteiger partial charge is 0.237 e. The molecule has 5 nitrogen and oxygen atoms in total. The summed E-state index contributed by atoms with van der Waals surface area (Å²) in [6.45, 7) is 4.02. The van der Waals surface area contributed by atoms with Crippen molar-refractivity contribution in [3.8, 4) is 5.75 Å². The van der Waals surface area contributed by atoms with E-state index in [0.717, 1.165) is 51.3 Å². The number of aromatic nitrogens is 2. The van der Waals surface area contributed by atoms with Gasteiger partial charge in [0.15, 0.2) is 5.75 Å². The molecule has 4 rings (SSSR count).